The number of allylic oxidation sites excluding steroid dienone is 1. The van der Waals surface area contributed by atoms with Crippen LogP contribution >= 0.6 is 0 Å². The van der Waals surface area contributed by atoms with Gasteiger partial charge in [-0.05, 0) is 54.9 Å². The molecule has 2 rings (SSSR count). The molecule has 6 nitrogen and oxygen atoms in total. The van der Waals surface area contributed by atoms with Gasteiger partial charge in [0.2, 0.25) is 0 Å². The maximum Gasteiger partial charge on any atom is 0.306 e. The van der Waals surface area contributed by atoms with Gasteiger partial charge in [-0.25, -0.2) is 5.84 Å². The van der Waals surface area contributed by atoms with Crippen LogP contribution in [-0.4, -0.2) is 22.7 Å². The SMILES string of the molecule is CCOC(=O)CC(CC/C(N)=C/N(N)Cc1ccccc1)c1ccc(C)c(CO)c1. The van der Waals surface area contributed by atoms with Gasteiger partial charge in [0.15, 0.2) is 0 Å². The highest BCUT2D eigenvalue weighted by molar-refractivity contribution is 5.70. The molecule has 2 aromatic carbocycles. The standard InChI is InChI=1S/C24H33N3O3/c1-3-30-24(29)14-21(20-10-9-18(2)22(13-20)17-28)11-12-23(25)16-27(26)15-19-7-5-4-6-8-19/h4-10,13,16,21,28H,3,11-12,14-15,17,25-26H2,1-2H3/b23-16-. The van der Waals surface area contributed by atoms with Crippen LogP contribution in [-0.2, 0) is 22.7 Å². The molecule has 0 saturated carbocycles. The van der Waals surface area contributed by atoms with E-state index in [-0.39, 0.29) is 24.9 Å². The number of hydrogen-bond acceptors (Lipinski definition) is 6. The van der Waals surface area contributed by atoms with Gasteiger partial charge in [-0.1, -0.05) is 48.5 Å². The average Bonchev–Trinajstić information content (AvgIpc) is 2.72. The molecule has 0 spiro atoms. The molecule has 0 amide bonds. The Labute approximate surface area is 179 Å². The Kier molecular flexibility index (Phi) is 9.38. The van der Waals surface area contributed by atoms with Crippen molar-refractivity contribution in [1.82, 2.24) is 5.01 Å². The second kappa shape index (κ2) is 12.0. The highest BCUT2D eigenvalue weighted by Gasteiger charge is 2.18. The fourth-order valence-electron chi connectivity index (χ4n) is 3.38. The molecule has 30 heavy (non-hydrogen) atoms. The minimum Gasteiger partial charge on any atom is -0.466 e. The van der Waals surface area contributed by atoms with E-state index in [0.29, 0.717) is 31.7 Å². The molecule has 0 aliphatic carbocycles. The van der Waals surface area contributed by atoms with E-state index in [0.717, 1.165) is 22.3 Å². The Morgan fingerprint density at radius 1 is 1.23 bits per heavy atom. The van der Waals surface area contributed by atoms with Gasteiger partial charge in [0.05, 0.1) is 26.2 Å². The molecule has 0 aliphatic rings. The Balaban J connectivity index is 2.06. The second-order valence-corrected chi connectivity index (χ2v) is 7.45. The molecule has 162 valence electrons. The number of nitrogens with two attached hydrogens (primary N) is 2. The minimum absolute atomic E-state index is 0.0323. The molecular weight excluding hydrogens is 378 g/mol. The monoisotopic (exact) mass is 411 g/mol. The summed E-state index contributed by atoms with van der Waals surface area (Å²) in [7, 11) is 0. The number of hydrazine groups is 1. The zero-order valence-electron chi connectivity index (χ0n) is 17.9. The molecule has 0 aromatic heterocycles. The van der Waals surface area contributed by atoms with Gasteiger partial charge in [-0.15, -0.1) is 0 Å². The van der Waals surface area contributed by atoms with Gasteiger partial charge in [-0.2, -0.15) is 0 Å². The molecule has 5 N–H and O–H groups in total. The quantitative estimate of drug-likeness (QED) is 0.297. The lowest BCUT2D eigenvalue weighted by Crippen LogP contribution is -2.26. The lowest BCUT2D eigenvalue weighted by Gasteiger charge is -2.19. The summed E-state index contributed by atoms with van der Waals surface area (Å²) in [6.45, 7) is 4.64. The normalized spacial score (nSPS) is 12.5. The van der Waals surface area contributed by atoms with Crippen LogP contribution < -0.4 is 11.6 Å². The molecule has 0 fully saturated rings. The van der Waals surface area contributed by atoms with Crippen molar-refractivity contribution in [1.29, 1.82) is 0 Å². The van der Waals surface area contributed by atoms with E-state index in [2.05, 4.69) is 0 Å². The summed E-state index contributed by atoms with van der Waals surface area (Å²) in [4.78, 5) is 12.1. The molecule has 0 aliphatic heterocycles. The first kappa shape index (κ1) is 23.4. The van der Waals surface area contributed by atoms with Crippen molar-refractivity contribution < 1.29 is 14.6 Å². The molecular formula is C24H33N3O3. The number of carbonyl (C=O) groups excluding carboxylic acids is 1. The van der Waals surface area contributed by atoms with Crippen molar-refractivity contribution in [2.45, 2.75) is 52.2 Å². The van der Waals surface area contributed by atoms with E-state index in [1.165, 1.54) is 0 Å². The number of nitrogens with zero attached hydrogens (tertiary/aromatic N) is 1. The van der Waals surface area contributed by atoms with E-state index in [9.17, 15) is 9.90 Å². The smallest absolute Gasteiger partial charge is 0.306 e. The third kappa shape index (κ3) is 7.54. The number of aryl methyl sites for hydroxylation is 1. The molecule has 0 heterocycles. The minimum atomic E-state index is -0.235. The van der Waals surface area contributed by atoms with Crippen molar-refractivity contribution in [3.05, 3.63) is 82.7 Å². The summed E-state index contributed by atoms with van der Waals surface area (Å²) in [6.07, 6.45) is 3.28. The predicted molar refractivity (Wildman–Crippen MR) is 119 cm³/mol. The van der Waals surface area contributed by atoms with Crippen molar-refractivity contribution in [3.8, 4) is 0 Å². The van der Waals surface area contributed by atoms with Crippen molar-refractivity contribution in [2.24, 2.45) is 11.6 Å². The summed E-state index contributed by atoms with van der Waals surface area (Å²) >= 11 is 0. The lowest BCUT2D eigenvalue weighted by molar-refractivity contribution is -0.143. The number of hydrogen-bond donors (Lipinski definition) is 3. The first-order valence-electron chi connectivity index (χ1n) is 10.3. The number of carbonyl (C=O) groups is 1. The zero-order chi connectivity index (χ0) is 21.9. The molecule has 1 atom stereocenters. The van der Waals surface area contributed by atoms with E-state index in [4.69, 9.17) is 16.3 Å². The fourth-order valence-corrected chi connectivity index (χ4v) is 3.38. The summed E-state index contributed by atoms with van der Waals surface area (Å²) < 4.78 is 5.15. The van der Waals surface area contributed by atoms with Gasteiger partial charge in [0, 0.05) is 11.9 Å². The van der Waals surface area contributed by atoms with Crippen molar-refractivity contribution in [2.75, 3.05) is 6.61 Å². The number of rotatable bonds is 11. The van der Waals surface area contributed by atoms with Crippen LogP contribution in [0.25, 0.3) is 0 Å². The number of benzene rings is 2. The van der Waals surface area contributed by atoms with Gasteiger partial charge < -0.3 is 20.6 Å². The number of ether oxygens (including phenoxy) is 1. The maximum atomic E-state index is 12.1. The summed E-state index contributed by atoms with van der Waals surface area (Å²) in [5, 5.41) is 11.2. The third-order valence-electron chi connectivity index (χ3n) is 5.05. The van der Waals surface area contributed by atoms with E-state index in [1.807, 2.05) is 55.5 Å². The topological polar surface area (TPSA) is 102 Å². The van der Waals surface area contributed by atoms with Crippen LogP contribution in [0.1, 0.15) is 54.4 Å². The molecule has 2 aromatic rings. The predicted octanol–water partition coefficient (Wildman–Crippen LogP) is 3.48. The molecule has 0 saturated heterocycles. The largest absolute Gasteiger partial charge is 0.466 e. The van der Waals surface area contributed by atoms with Crippen LogP contribution in [0.4, 0.5) is 0 Å². The second-order valence-electron chi connectivity index (χ2n) is 7.45. The Morgan fingerprint density at radius 2 is 1.97 bits per heavy atom. The Bertz CT molecular complexity index is 837. The maximum absolute atomic E-state index is 12.1. The van der Waals surface area contributed by atoms with Crippen LogP contribution in [0.5, 0.6) is 0 Å². The third-order valence-corrected chi connectivity index (χ3v) is 5.05. The van der Waals surface area contributed by atoms with Gasteiger partial charge in [-0.3, -0.25) is 4.79 Å². The van der Waals surface area contributed by atoms with Crippen molar-refractivity contribution >= 4 is 5.97 Å². The number of aliphatic hydroxyl groups excluding tert-OH is 1. The van der Waals surface area contributed by atoms with Gasteiger partial charge in [0.25, 0.3) is 0 Å². The lowest BCUT2D eigenvalue weighted by atomic mass is 9.88. The number of esters is 1. The van der Waals surface area contributed by atoms with Crippen LogP contribution in [0.3, 0.4) is 0 Å². The van der Waals surface area contributed by atoms with E-state index >= 15 is 0 Å². The molecule has 0 radical (unpaired) electrons. The fraction of sp³-hybridized carbons (Fsp3) is 0.375. The summed E-state index contributed by atoms with van der Waals surface area (Å²) in [5.41, 5.74) is 10.8. The molecule has 0 bridgehead atoms. The Morgan fingerprint density at radius 3 is 2.63 bits per heavy atom. The molecule has 1 unspecified atom stereocenters. The van der Waals surface area contributed by atoms with Gasteiger partial charge >= 0.3 is 5.97 Å². The van der Waals surface area contributed by atoms with Crippen LogP contribution in [0, 0.1) is 6.92 Å². The van der Waals surface area contributed by atoms with E-state index < -0.39 is 0 Å². The zero-order valence-corrected chi connectivity index (χ0v) is 17.9. The van der Waals surface area contributed by atoms with Crippen LogP contribution in [0.2, 0.25) is 0 Å². The van der Waals surface area contributed by atoms with Crippen molar-refractivity contribution in [3.63, 3.8) is 0 Å². The van der Waals surface area contributed by atoms with E-state index in [1.54, 1.807) is 18.1 Å². The summed E-state index contributed by atoms with van der Waals surface area (Å²) in [6, 6.07) is 15.9. The first-order chi connectivity index (χ1) is 14.4. The molecule has 6 heteroatoms. The summed E-state index contributed by atoms with van der Waals surface area (Å²) in [5.74, 6) is 5.79. The highest BCUT2D eigenvalue weighted by atomic mass is 16.5. The first-order valence-corrected chi connectivity index (χ1v) is 10.3. The highest BCUT2D eigenvalue weighted by Crippen LogP contribution is 2.28. The average molecular weight is 412 g/mol. The van der Waals surface area contributed by atoms with Crippen LogP contribution in [0.15, 0.2) is 60.4 Å². The Hall–Kier alpha value is -2.83. The van der Waals surface area contributed by atoms with Gasteiger partial charge in [0.1, 0.15) is 0 Å². The number of aliphatic hydroxyl groups is 1.